The molecule has 1 aromatic rings. The molecule has 2 aliphatic rings. The second-order valence-electron chi connectivity index (χ2n) is 10.4. The highest BCUT2D eigenvalue weighted by atomic mass is 16.5. The number of nitrogens with two attached hydrogens (primary N) is 1. The Morgan fingerprint density at radius 1 is 1.00 bits per heavy atom. The van der Waals surface area contributed by atoms with Crippen LogP contribution in [0.1, 0.15) is 56.3 Å². The Balaban J connectivity index is 1.70. The minimum absolute atomic E-state index is 0.0702. The number of hydrogen-bond acceptors (Lipinski definition) is 7. The lowest BCUT2D eigenvalue weighted by Crippen LogP contribution is -2.56. The third-order valence-corrected chi connectivity index (χ3v) is 6.99. The van der Waals surface area contributed by atoms with Crippen molar-refractivity contribution in [3.8, 4) is 0 Å². The molecule has 0 bridgehead atoms. The standard InChI is InChI=1S/C27H38N6O7/c1-16(2)14-19(23(35)29-15-22(28)34)30-24(36)20-10-6-12-32(20)25(37)21-11-7-13-33(21)27(39)31-18-9-5-4-8-17(18)26(38)40-3/h4-5,8-9,16,19-21H,6-7,10-15H2,1-3H3,(H2,28,34)(H,29,35)(H,30,36)(H,31,39)/t19-,20-,21-/m0/s1. The predicted molar refractivity (Wildman–Crippen MR) is 145 cm³/mol. The van der Waals surface area contributed by atoms with Gasteiger partial charge < -0.3 is 36.2 Å². The Kier molecular flexibility index (Phi) is 10.5. The van der Waals surface area contributed by atoms with Gasteiger partial charge in [0.25, 0.3) is 0 Å². The quantitative estimate of drug-likeness (QED) is 0.303. The van der Waals surface area contributed by atoms with Crippen LogP contribution in [-0.4, -0.2) is 90.3 Å². The van der Waals surface area contributed by atoms with Crippen molar-refractivity contribution >= 4 is 41.3 Å². The third-order valence-electron chi connectivity index (χ3n) is 6.99. The molecule has 13 nitrogen and oxygen atoms in total. The van der Waals surface area contributed by atoms with Crippen LogP contribution in [0.3, 0.4) is 0 Å². The van der Waals surface area contributed by atoms with Gasteiger partial charge in [-0.1, -0.05) is 26.0 Å². The zero-order valence-electron chi connectivity index (χ0n) is 23.1. The zero-order chi connectivity index (χ0) is 29.4. The summed E-state index contributed by atoms with van der Waals surface area (Å²) in [6, 6.07) is 3.43. The maximum Gasteiger partial charge on any atom is 0.339 e. The number of anilines is 1. The molecule has 0 aliphatic carbocycles. The van der Waals surface area contributed by atoms with Crippen LogP contribution in [0.4, 0.5) is 10.5 Å². The number of methoxy groups -OCH3 is 1. The number of benzene rings is 1. The lowest BCUT2D eigenvalue weighted by molar-refractivity contribution is -0.142. The van der Waals surface area contributed by atoms with E-state index in [1.807, 2.05) is 13.8 Å². The largest absolute Gasteiger partial charge is 0.465 e. The normalized spacial score (nSPS) is 19.2. The van der Waals surface area contributed by atoms with Crippen molar-refractivity contribution in [2.45, 2.75) is 64.1 Å². The van der Waals surface area contributed by atoms with Crippen molar-refractivity contribution in [3.05, 3.63) is 29.8 Å². The zero-order valence-corrected chi connectivity index (χ0v) is 23.1. The molecule has 0 spiro atoms. The molecule has 40 heavy (non-hydrogen) atoms. The van der Waals surface area contributed by atoms with Crippen molar-refractivity contribution in [1.82, 2.24) is 20.4 Å². The molecule has 13 heteroatoms. The molecule has 0 unspecified atom stereocenters. The van der Waals surface area contributed by atoms with Gasteiger partial charge in [-0.3, -0.25) is 19.2 Å². The number of urea groups is 1. The Morgan fingerprint density at radius 2 is 1.65 bits per heavy atom. The van der Waals surface area contributed by atoms with Crippen LogP contribution in [0.15, 0.2) is 24.3 Å². The average molecular weight is 559 g/mol. The summed E-state index contributed by atoms with van der Waals surface area (Å²) >= 11 is 0. The minimum Gasteiger partial charge on any atom is -0.465 e. The third kappa shape index (κ3) is 7.48. The Morgan fingerprint density at radius 3 is 2.30 bits per heavy atom. The molecule has 0 aromatic heterocycles. The number of esters is 1. The van der Waals surface area contributed by atoms with E-state index in [9.17, 15) is 28.8 Å². The molecule has 6 amide bonds. The fourth-order valence-electron chi connectivity index (χ4n) is 5.10. The highest BCUT2D eigenvalue weighted by molar-refractivity contribution is 6.02. The van der Waals surface area contributed by atoms with Gasteiger partial charge in [0.1, 0.15) is 18.1 Å². The van der Waals surface area contributed by atoms with Gasteiger partial charge >= 0.3 is 12.0 Å². The summed E-state index contributed by atoms with van der Waals surface area (Å²) in [5, 5.41) is 7.88. The van der Waals surface area contributed by atoms with E-state index >= 15 is 0 Å². The lowest BCUT2D eigenvalue weighted by atomic mass is 10.0. The number of para-hydroxylation sites is 1. The number of ether oxygens (including phenoxy) is 1. The molecule has 2 fully saturated rings. The Labute approximate surface area is 233 Å². The molecule has 0 saturated carbocycles. The number of nitrogens with one attached hydrogen (secondary N) is 3. The second kappa shape index (κ2) is 13.8. The van der Waals surface area contributed by atoms with Gasteiger partial charge in [0.2, 0.25) is 23.6 Å². The summed E-state index contributed by atoms with van der Waals surface area (Å²) in [5.74, 6) is -2.57. The Bertz CT molecular complexity index is 1140. The predicted octanol–water partition coefficient (Wildman–Crippen LogP) is 0.593. The maximum absolute atomic E-state index is 13.6. The molecule has 3 atom stereocenters. The SMILES string of the molecule is COC(=O)c1ccccc1NC(=O)N1CCC[C@H]1C(=O)N1CCC[C@H]1C(=O)N[C@@H](CC(C)C)C(=O)NCC(N)=O. The number of carbonyl (C=O) groups excluding carboxylic acids is 6. The van der Waals surface area contributed by atoms with Crippen LogP contribution in [0.2, 0.25) is 0 Å². The van der Waals surface area contributed by atoms with E-state index < -0.39 is 47.8 Å². The van der Waals surface area contributed by atoms with Crippen LogP contribution in [0, 0.1) is 5.92 Å². The van der Waals surface area contributed by atoms with E-state index in [1.54, 1.807) is 18.2 Å². The molecule has 1 aromatic carbocycles. The number of amides is 6. The van der Waals surface area contributed by atoms with E-state index in [-0.39, 0.29) is 29.6 Å². The summed E-state index contributed by atoms with van der Waals surface area (Å²) in [4.78, 5) is 78.8. The second-order valence-corrected chi connectivity index (χ2v) is 10.4. The van der Waals surface area contributed by atoms with E-state index in [1.165, 1.54) is 23.0 Å². The molecule has 2 aliphatic heterocycles. The molecule has 2 heterocycles. The van der Waals surface area contributed by atoms with Gasteiger partial charge in [0.15, 0.2) is 0 Å². The van der Waals surface area contributed by atoms with Gasteiger partial charge in [-0.25, -0.2) is 9.59 Å². The average Bonchev–Trinajstić information content (AvgIpc) is 3.61. The summed E-state index contributed by atoms with van der Waals surface area (Å²) in [6.45, 7) is 4.13. The first kappa shape index (κ1) is 30.4. The van der Waals surface area contributed by atoms with Crippen molar-refractivity contribution in [2.75, 3.05) is 32.1 Å². The molecule has 218 valence electrons. The molecular formula is C27H38N6O7. The van der Waals surface area contributed by atoms with Crippen molar-refractivity contribution in [2.24, 2.45) is 11.7 Å². The minimum atomic E-state index is -0.895. The smallest absolute Gasteiger partial charge is 0.339 e. The molecular weight excluding hydrogens is 520 g/mol. The lowest BCUT2D eigenvalue weighted by Gasteiger charge is -2.32. The first-order valence-electron chi connectivity index (χ1n) is 13.4. The summed E-state index contributed by atoms with van der Waals surface area (Å²) in [5.41, 5.74) is 5.57. The fraction of sp³-hybridized carbons (Fsp3) is 0.556. The molecule has 5 N–H and O–H groups in total. The number of hydrogen-bond donors (Lipinski definition) is 4. The van der Waals surface area contributed by atoms with Gasteiger partial charge in [-0.15, -0.1) is 0 Å². The Hall–Kier alpha value is -4.16. The van der Waals surface area contributed by atoms with Crippen LogP contribution >= 0.6 is 0 Å². The number of primary amides is 1. The maximum atomic E-state index is 13.6. The first-order chi connectivity index (χ1) is 19.0. The van der Waals surface area contributed by atoms with E-state index in [2.05, 4.69) is 16.0 Å². The van der Waals surface area contributed by atoms with Gasteiger partial charge in [0.05, 0.1) is 24.9 Å². The number of rotatable bonds is 10. The van der Waals surface area contributed by atoms with E-state index in [4.69, 9.17) is 10.5 Å². The fourth-order valence-corrected chi connectivity index (χ4v) is 5.10. The van der Waals surface area contributed by atoms with Crippen LogP contribution in [0.25, 0.3) is 0 Å². The molecule has 0 radical (unpaired) electrons. The molecule has 2 saturated heterocycles. The number of likely N-dealkylation sites (tertiary alicyclic amines) is 2. The van der Waals surface area contributed by atoms with Gasteiger partial charge in [-0.2, -0.15) is 0 Å². The first-order valence-corrected chi connectivity index (χ1v) is 13.4. The monoisotopic (exact) mass is 558 g/mol. The van der Waals surface area contributed by atoms with E-state index in [0.717, 1.165) is 0 Å². The van der Waals surface area contributed by atoms with Crippen LogP contribution < -0.4 is 21.7 Å². The molecule has 3 rings (SSSR count). The van der Waals surface area contributed by atoms with E-state index in [0.29, 0.717) is 45.2 Å². The van der Waals surface area contributed by atoms with Crippen molar-refractivity contribution < 1.29 is 33.5 Å². The van der Waals surface area contributed by atoms with Crippen molar-refractivity contribution in [3.63, 3.8) is 0 Å². The summed E-state index contributed by atoms with van der Waals surface area (Å²) < 4.78 is 4.78. The highest BCUT2D eigenvalue weighted by Crippen LogP contribution is 2.26. The number of nitrogens with zero attached hydrogens (tertiary/aromatic N) is 2. The van der Waals surface area contributed by atoms with Crippen LogP contribution in [-0.2, 0) is 23.9 Å². The number of carbonyl (C=O) groups is 6. The summed E-state index contributed by atoms with van der Waals surface area (Å²) in [6.07, 6.45) is 2.38. The van der Waals surface area contributed by atoms with Gasteiger partial charge in [-0.05, 0) is 50.2 Å². The van der Waals surface area contributed by atoms with Crippen LogP contribution in [0.5, 0.6) is 0 Å². The highest BCUT2D eigenvalue weighted by Gasteiger charge is 2.43. The van der Waals surface area contributed by atoms with Gasteiger partial charge in [0, 0.05) is 13.1 Å². The van der Waals surface area contributed by atoms with Crippen molar-refractivity contribution in [1.29, 1.82) is 0 Å². The topological polar surface area (TPSA) is 180 Å². The summed E-state index contributed by atoms with van der Waals surface area (Å²) in [7, 11) is 1.25.